The van der Waals surface area contributed by atoms with E-state index in [9.17, 15) is 18.0 Å². The minimum atomic E-state index is -4.39. The number of hydrogen-bond donors (Lipinski definition) is 0. The lowest BCUT2D eigenvalue weighted by molar-refractivity contribution is -0.946. The van der Waals surface area contributed by atoms with Gasteiger partial charge in [0.1, 0.15) is 12.3 Å². The second kappa shape index (κ2) is 11.7. The third-order valence-electron chi connectivity index (χ3n) is 7.97. The van der Waals surface area contributed by atoms with Gasteiger partial charge in [-0.2, -0.15) is 13.2 Å². The molecule has 0 unspecified atom stereocenters. The summed E-state index contributed by atoms with van der Waals surface area (Å²) in [5.74, 6) is 0.582. The van der Waals surface area contributed by atoms with Crippen LogP contribution < -0.4 is 9.64 Å². The average Bonchev–Trinajstić information content (AvgIpc) is 2.95. The number of hydrogen-bond acceptors (Lipinski definition) is 3. The number of carbonyl (C=O) groups excluding carboxylic acids is 1. The molecule has 3 aromatic carbocycles. The summed E-state index contributed by atoms with van der Waals surface area (Å²) in [4.78, 5) is 15.2. The minimum Gasteiger partial charge on any atom is -0.493 e. The number of halogens is 3. The molecular weight excluding hydrogens is 505 g/mol. The quantitative estimate of drug-likeness (QED) is 0.219. The van der Waals surface area contributed by atoms with Gasteiger partial charge in [0.25, 0.3) is 0 Å². The fourth-order valence-electron chi connectivity index (χ4n) is 5.85. The smallest absolute Gasteiger partial charge is 0.416 e. The first-order valence-electron chi connectivity index (χ1n) is 13.5. The van der Waals surface area contributed by atoms with Crippen LogP contribution in [0.3, 0.4) is 0 Å². The molecule has 0 saturated carbocycles. The Labute approximate surface area is 227 Å². The Bertz CT molecular complexity index is 1230. The number of fused-ring (bicyclic) bond motifs is 3. The van der Waals surface area contributed by atoms with E-state index in [4.69, 9.17) is 9.47 Å². The second-order valence-corrected chi connectivity index (χ2v) is 10.6. The molecule has 3 heterocycles. The molecule has 1 atom stereocenters. The van der Waals surface area contributed by atoms with Gasteiger partial charge >= 0.3 is 12.3 Å². The maximum atomic E-state index is 13.5. The molecule has 0 aromatic heterocycles. The number of carbonyl (C=O) groups is 1. The highest BCUT2D eigenvalue weighted by Gasteiger charge is 2.47. The summed E-state index contributed by atoms with van der Waals surface area (Å²) in [6.45, 7) is 4.41. The summed E-state index contributed by atoms with van der Waals surface area (Å²) in [7, 11) is 0. The van der Waals surface area contributed by atoms with Gasteiger partial charge in [0.2, 0.25) is 0 Å². The zero-order valence-electron chi connectivity index (χ0n) is 21.9. The van der Waals surface area contributed by atoms with Crippen molar-refractivity contribution in [1.29, 1.82) is 0 Å². The molecule has 0 N–H and O–H groups in total. The first-order chi connectivity index (χ1) is 18.8. The molecule has 39 heavy (non-hydrogen) atoms. The van der Waals surface area contributed by atoms with Crippen molar-refractivity contribution in [3.05, 3.63) is 96.1 Å². The van der Waals surface area contributed by atoms with Crippen LogP contribution in [0.25, 0.3) is 0 Å². The van der Waals surface area contributed by atoms with E-state index in [-0.39, 0.29) is 17.9 Å². The number of benzene rings is 3. The summed E-state index contributed by atoms with van der Waals surface area (Å²) >= 11 is 0. The molecule has 1 amide bonds. The summed E-state index contributed by atoms with van der Waals surface area (Å²) in [5, 5.41) is 0. The number of piperidine rings is 3. The highest BCUT2D eigenvalue weighted by molar-refractivity contribution is 5.87. The molecule has 8 heteroatoms. The molecule has 0 aliphatic carbocycles. The van der Waals surface area contributed by atoms with Crippen LogP contribution in [0.5, 0.6) is 5.75 Å². The number of amides is 1. The lowest BCUT2D eigenvalue weighted by Gasteiger charge is -2.52. The molecule has 3 aliphatic rings. The fourth-order valence-corrected chi connectivity index (χ4v) is 5.85. The molecule has 0 spiro atoms. The van der Waals surface area contributed by atoms with Gasteiger partial charge in [-0.1, -0.05) is 54.6 Å². The van der Waals surface area contributed by atoms with Gasteiger partial charge in [-0.3, -0.25) is 4.90 Å². The topological polar surface area (TPSA) is 38.8 Å². The van der Waals surface area contributed by atoms with E-state index < -0.39 is 11.7 Å². The molecule has 3 aromatic rings. The predicted octanol–water partition coefficient (Wildman–Crippen LogP) is 6.93. The minimum absolute atomic E-state index is 0.161. The number of ether oxygens (including phenoxy) is 2. The Hall–Kier alpha value is -3.52. The molecule has 206 valence electrons. The van der Waals surface area contributed by atoms with Crippen molar-refractivity contribution in [2.24, 2.45) is 5.92 Å². The highest BCUT2D eigenvalue weighted by atomic mass is 19.4. The number of quaternary nitrogens is 1. The van der Waals surface area contributed by atoms with Gasteiger partial charge in [-0.05, 0) is 35.9 Å². The largest absolute Gasteiger partial charge is 0.493 e. The lowest BCUT2D eigenvalue weighted by Crippen LogP contribution is -2.65. The van der Waals surface area contributed by atoms with Crippen LogP contribution in [-0.4, -0.2) is 49.5 Å². The Kier molecular flexibility index (Phi) is 8.12. The van der Waals surface area contributed by atoms with E-state index in [1.165, 1.54) is 6.07 Å². The summed E-state index contributed by atoms with van der Waals surface area (Å²) in [6.07, 6.45) is -2.18. The van der Waals surface area contributed by atoms with Crippen LogP contribution in [0.1, 0.15) is 30.4 Å². The lowest BCUT2D eigenvalue weighted by atomic mass is 9.83. The third kappa shape index (κ3) is 6.74. The monoisotopic (exact) mass is 539 g/mol. The first kappa shape index (κ1) is 27.1. The van der Waals surface area contributed by atoms with E-state index in [0.29, 0.717) is 25.5 Å². The fraction of sp³-hybridized carbons (Fsp3) is 0.387. The number of para-hydroxylation sites is 1. The number of anilines is 1. The Balaban J connectivity index is 1.19. The second-order valence-electron chi connectivity index (χ2n) is 10.6. The van der Waals surface area contributed by atoms with Crippen LogP contribution in [0, 0.1) is 5.92 Å². The Morgan fingerprint density at radius 1 is 0.923 bits per heavy atom. The van der Waals surface area contributed by atoms with Crippen LogP contribution in [-0.2, 0) is 17.5 Å². The van der Waals surface area contributed by atoms with Crippen LogP contribution >= 0.6 is 0 Å². The van der Waals surface area contributed by atoms with Gasteiger partial charge in [0.05, 0.1) is 38.3 Å². The van der Waals surface area contributed by atoms with Gasteiger partial charge in [0.15, 0.2) is 6.10 Å². The average molecular weight is 540 g/mol. The Morgan fingerprint density at radius 3 is 2.31 bits per heavy atom. The van der Waals surface area contributed by atoms with Crippen molar-refractivity contribution in [2.75, 3.05) is 37.7 Å². The van der Waals surface area contributed by atoms with Gasteiger partial charge < -0.3 is 14.0 Å². The number of alkyl halides is 3. The molecule has 3 fully saturated rings. The van der Waals surface area contributed by atoms with Crippen molar-refractivity contribution < 1.29 is 31.9 Å². The molecule has 3 saturated heterocycles. The predicted molar refractivity (Wildman–Crippen MR) is 143 cm³/mol. The van der Waals surface area contributed by atoms with E-state index in [1.54, 1.807) is 11.0 Å². The van der Waals surface area contributed by atoms with Crippen LogP contribution in [0.4, 0.5) is 23.7 Å². The van der Waals surface area contributed by atoms with Crippen molar-refractivity contribution in [1.82, 2.24) is 0 Å². The van der Waals surface area contributed by atoms with E-state index in [0.717, 1.165) is 66.9 Å². The van der Waals surface area contributed by atoms with Gasteiger partial charge in [-0.15, -0.1) is 0 Å². The van der Waals surface area contributed by atoms with E-state index in [2.05, 4.69) is 0 Å². The van der Waals surface area contributed by atoms with Crippen molar-refractivity contribution >= 4 is 11.8 Å². The van der Waals surface area contributed by atoms with Crippen molar-refractivity contribution in [3.63, 3.8) is 0 Å². The molecule has 0 radical (unpaired) electrons. The number of nitrogens with zero attached hydrogens (tertiary/aromatic N) is 2. The molecule has 6 rings (SSSR count). The van der Waals surface area contributed by atoms with Crippen molar-refractivity contribution in [2.45, 2.75) is 38.1 Å². The maximum absolute atomic E-state index is 13.5. The van der Waals surface area contributed by atoms with E-state index in [1.807, 2.05) is 60.7 Å². The number of rotatable bonds is 9. The highest BCUT2D eigenvalue weighted by Crippen LogP contribution is 2.36. The van der Waals surface area contributed by atoms with Gasteiger partial charge in [0, 0.05) is 30.9 Å². The van der Waals surface area contributed by atoms with Crippen molar-refractivity contribution in [3.8, 4) is 5.75 Å². The third-order valence-corrected chi connectivity index (χ3v) is 7.97. The molecular formula is C31H34F3N2O3+. The summed E-state index contributed by atoms with van der Waals surface area (Å²) < 4.78 is 51.7. The first-order valence-corrected chi connectivity index (χ1v) is 13.5. The van der Waals surface area contributed by atoms with E-state index >= 15 is 0 Å². The molecule has 2 bridgehead atoms. The zero-order valence-corrected chi connectivity index (χ0v) is 21.9. The summed E-state index contributed by atoms with van der Waals surface area (Å²) in [6, 6.07) is 24.5. The SMILES string of the molecule is O=C(O[C@H]1C[N+]2(CCCOc3cccc(C(F)(F)F)c3)CCC1CC2)N(Cc1ccccc1)c1ccccc1. The van der Waals surface area contributed by atoms with Gasteiger partial charge in [-0.25, -0.2) is 4.79 Å². The maximum Gasteiger partial charge on any atom is 0.416 e. The Morgan fingerprint density at radius 2 is 1.62 bits per heavy atom. The van der Waals surface area contributed by atoms with Crippen LogP contribution in [0.2, 0.25) is 0 Å². The van der Waals surface area contributed by atoms with Crippen LogP contribution in [0.15, 0.2) is 84.9 Å². The molecule has 3 aliphatic heterocycles. The standard InChI is InChI=1S/C31H34F3N2O3/c32-31(33,34)26-11-7-14-28(21-26)38-20-8-17-36-18-15-25(16-19-36)29(23-36)39-30(37)35(27-12-5-2-6-13-27)22-24-9-3-1-4-10-24/h1-7,9-14,21,25,29H,8,15-20,22-23H2/q+1/t25?,29-,36?/m0/s1. The summed E-state index contributed by atoms with van der Waals surface area (Å²) in [5.41, 5.74) is 1.11. The normalized spacial score (nSPS) is 22.3. The zero-order chi connectivity index (χ0) is 27.3. The molecule has 5 nitrogen and oxygen atoms in total.